The molecular weight excluding hydrogens is 340 g/mol. The van der Waals surface area contributed by atoms with Crippen LogP contribution in [-0.2, 0) is 4.79 Å². The highest BCUT2D eigenvalue weighted by Crippen LogP contribution is 2.25. The first-order chi connectivity index (χ1) is 13.1. The van der Waals surface area contributed by atoms with Gasteiger partial charge in [-0.2, -0.15) is 0 Å². The number of anilines is 1. The third kappa shape index (κ3) is 3.84. The molecule has 4 rings (SSSR count). The van der Waals surface area contributed by atoms with Gasteiger partial charge in [-0.3, -0.25) is 9.78 Å². The first kappa shape index (κ1) is 17.3. The highest BCUT2D eigenvalue weighted by molar-refractivity contribution is 5.75. The van der Waals surface area contributed by atoms with Gasteiger partial charge in [0.25, 0.3) is 0 Å². The van der Waals surface area contributed by atoms with Crippen molar-refractivity contribution in [3.63, 3.8) is 0 Å². The Morgan fingerprint density at radius 3 is 2.56 bits per heavy atom. The van der Waals surface area contributed by atoms with Gasteiger partial charge in [0.2, 0.25) is 5.91 Å². The Morgan fingerprint density at radius 2 is 1.85 bits per heavy atom. The van der Waals surface area contributed by atoms with E-state index in [0.717, 1.165) is 41.3 Å². The first-order valence-electron chi connectivity index (χ1n) is 9.09. The number of benzene rings is 2. The number of ether oxygens (including phenoxy) is 1. The Hall–Kier alpha value is -3.15. The van der Waals surface area contributed by atoms with Crippen molar-refractivity contribution in [1.29, 1.82) is 0 Å². The van der Waals surface area contributed by atoms with Crippen molar-refractivity contribution in [3.8, 4) is 5.75 Å². The minimum Gasteiger partial charge on any atom is -0.487 e. The van der Waals surface area contributed by atoms with E-state index in [-0.39, 0.29) is 18.1 Å². The molecule has 1 fully saturated rings. The molecule has 2 heterocycles. The summed E-state index contributed by atoms with van der Waals surface area (Å²) in [5.74, 6) is 1.69. The molecule has 1 aliphatic heterocycles. The van der Waals surface area contributed by atoms with Crippen LogP contribution in [0.3, 0.4) is 0 Å². The molecule has 0 unspecified atom stereocenters. The standard InChI is InChI=1S/C21H22N4O2/c1-14(23-15(2)26)16-7-9-17(10-8-16)27-18-12-25(13-18)21-11-22-19-5-3-4-6-20(19)24-21/h3-11,14,18H,12-13H2,1-2H3,(H,23,26)/t14-/m0/s1. The van der Waals surface area contributed by atoms with Crippen molar-refractivity contribution in [2.45, 2.75) is 26.0 Å². The molecule has 138 valence electrons. The zero-order valence-corrected chi connectivity index (χ0v) is 15.4. The SMILES string of the molecule is CC(=O)N[C@@H](C)c1ccc(OC2CN(c3cnc4ccccc4n3)C2)cc1. The highest BCUT2D eigenvalue weighted by Gasteiger charge is 2.29. The number of rotatable bonds is 5. The fourth-order valence-corrected chi connectivity index (χ4v) is 3.22. The van der Waals surface area contributed by atoms with Crippen LogP contribution in [0.25, 0.3) is 11.0 Å². The molecule has 1 aromatic heterocycles. The molecular formula is C21H22N4O2. The van der Waals surface area contributed by atoms with E-state index in [4.69, 9.17) is 4.74 Å². The summed E-state index contributed by atoms with van der Waals surface area (Å²) in [6.07, 6.45) is 1.95. The van der Waals surface area contributed by atoms with E-state index in [0.29, 0.717) is 0 Å². The zero-order valence-electron chi connectivity index (χ0n) is 15.4. The summed E-state index contributed by atoms with van der Waals surface area (Å²) in [4.78, 5) is 22.5. The van der Waals surface area contributed by atoms with Crippen molar-refractivity contribution in [3.05, 3.63) is 60.3 Å². The van der Waals surface area contributed by atoms with Crippen molar-refractivity contribution < 1.29 is 9.53 Å². The molecule has 1 aliphatic rings. The van der Waals surface area contributed by atoms with Crippen molar-refractivity contribution in [2.75, 3.05) is 18.0 Å². The number of aromatic nitrogens is 2. The fraction of sp³-hybridized carbons (Fsp3) is 0.286. The largest absolute Gasteiger partial charge is 0.487 e. The summed E-state index contributed by atoms with van der Waals surface area (Å²) >= 11 is 0. The molecule has 3 aromatic rings. The average molecular weight is 362 g/mol. The normalized spacial score (nSPS) is 15.3. The predicted octanol–water partition coefficient (Wildman–Crippen LogP) is 3.09. The molecule has 2 aromatic carbocycles. The van der Waals surface area contributed by atoms with Crippen molar-refractivity contribution >= 4 is 22.8 Å². The number of carbonyl (C=O) groups is 1. The van der Waals surface area contributed by atoms with Gasteiger partial charge in [0.05, 0.1) is 36.4 Å². The van der Waals surface area contributed by atoms with Crippen LogP contribution in [0.4, 0.5) is 5.82 Å². The molecule has 0 spiro atoms. The van der Waals surface area contributed by atoms with Crippen LogP contribution in [0.2, 0.25) is 0 Å². The van der Waals surface area contributed by atoms with Crippen LogP contribution in [0.1, 0.15) is 25.5 Å². The predicted molar refractivity (Wildman–Crippen MR) is 105 cm³/mol. The summed E-state index contributed by atoms with van der Waals surface area (Å²) in [5.41, 5.74) is 2.87. The topological polar surface area (TPSA) is 67.3 Å². The van der Waals surface area contributed by atoms with Gasteiger partial charge in [0.1, 0.15) is 17.7 Å². The van der Waals surface area contributed by atoms with E-state index in [1.165, 1.54) is 6.92 Å². The lowest BCUT2D eigenvalue weighted by Crippen LogP contribution is -2.54. The number of amides is 1. The highest BCUT2D eigenvalue weighted by atomic mass is 16.5. The second kappa shape index (κ2) is 7.23. The number of hydrogen-bond acceptors (Lipinski definition) is 5. The van der Waals surface area contributed by atoms with Gasteiger partial charge < -0.3 is 15.0 Å². The van der Waals surface area contributed by atoms with Crippen LogP contribution < -0.4 is 15.0 Å². The van der Waals surface area contributed by atoms with Crippen molar-refractivity contribution in [2.24, 2.45) is 0 Å². The number of para-hydroxylation sites is 2. The van der Waals surface area contributed by atoms with Crippen LogP contribution in [-0.4, -0.2) is 35.1 Å². The monoisotopic (exact) mass is 362 g/mol. The Balaban J connectivity index is 1.33. The summed E-state index contributed by atoms with van der Waals surface area (Å²) in [6.45, 7) is 5.07. The molecule has 27 heavy (non-hydrogen) atoms. The van der Waals surface area contributed by atoms with Crippen LogP contribution in [0.15, 0.2) is 54.7 Å². The molecule has 1 N–H and O–H groups in total. The Bertz CT molecular complexity index is 952. The van der Waals surface area contributed by atoms with Gasteiger partial charge in [-0.1, -0.05) is 24.3 Å². The first-order valence-corrected chi connectivity index (χ1v) is 9.09. The van der Waals surface area contributed by atoms with Gasteiger partial charge in [-0.25, -0.2) is 4.98 Å². The van der Waals surface area contributed by atoms with Crippen molar-refractivity contribution in [1.82, 2.24) is 15.3 Å². The van der Waals surface area contributed by atoms with Gasteiger partial charge in [-0.05, 0) is 36.8 Å². The fourth-order valence-electron chi connectivity index (χ4n) is 3.22. The maximum Gasteiger partial charge on any atom is 0.217 e. The van der Waals surface area contributed by atoms with E-state index in [1.54, 1.807) is 0 Å². The van der Waals surface area contributed by atoms with Gasteiger partial charge in [0, 0.05) is 6.92 Å². The lowest BCUT2D eigenvalue weighted by atomic mass is 10.1. The molecule has 6 nitrogen and oxygen atoms in total. The zero-order chi connectivity index (χ0) is 18.8. The molecule has 1 saturated heterocycles. The number of hydrogen-bond donors (Lipinski definition) is 1. The molecule has 0 aliphatic carbocycles. The average Bonchev–Trinajstić information content (AvgIpc) is 2.64. The summed E-state index contributed by atoms with van der Waals surface area (Å²) < 4.78 is 6.03. The van der Waals surface area contributed by atoms with Crippen LogP contribution in [0.5, 0.6) is 5.75 Å². The van der Waals surface area contributed by atoms with E-state index < -0.39 is 0 Å². The molecule has 0 saturated carbocycles. The van der Waals surface area contributed by atoms with E-state index >= 15 is 0 Å². The maximum atomic E-state index is 11.2. The number of nitrogens with one attached hydrogen (secondary N) is 1. The molecule has 0 bridgehead atoms. The number of nitrogens with zero attached hydrogens (tertiary/aromatic N) is 3. The second-order valence-electron chi connectivity index (χ2n) is 6.85. The van der Waals surface area contributed by atoms with Gasteiger partial charge in [-0.15, -0.1) is 0 Å². The van der Waals surface area contributed by atoms with Crippen LogP contribution in [0, 0.1) is 0 Å². The molecule has 0 radical (unpaired) electrons. The van der Waals surface area contributed by atoms with E-state index in [1.807, 2.05) is 61.7 Å². The molecule has 1 amide bonds. The number of carbonyl (C=O) groups excluding carboxylic acids is 1. The lowest BCUT2D eigenvalue weighted by molar-refractivity contribution is -0.119. The molecule has 6 heteroatoms. The minimum absolute atomic E-state index is 0.0118. The number of fused-ring (bicyclic) bond motifs is 1. The summed E-state index contributed by atoms with van der Waals surface area (Å²) in [5, 5.41) is 2.88. The van der Waals surface area contributed by atoms with Crippen LogP contribution >= 0.6 is 0 Å². The Labute approximate surface area is 158 Å². The van der Waals surface area contributed by atoms with Gasteiger partial charge in [0.15, 0.2) is 0 Å². The second-order valence-corrected chi connectivity index (χ2v) is 6.85. The third-order valence-corrected chi connectivity index (χ3v) is 4.71. The molecule has 1 atom stereocenters. The minimum atomic E-state index is -0.0332. The van der Waals surface area contributed by atoms with E-state index in [2.05, 4.69) is 20.2 Å². The maximum absolute atomic E-state index is 11.2. The van der Waals surface area contributed by atoms with Gasteiger partial charge >= 0.3 is 0 Å². The Kier molecular flexibility index (Phi) is 4.62. The third-order valence-electron chi connectivity index (χ3n) is 4.71. The smallest absolute Gasteiger partial charge is 0.217 e. The lowest BCUT2D eigenvalue weighted by Gasteiger charge is -2.39. The Morgan fingerprint density at radius 1 is 1.15 bits per heavy atom. The van der Waals surface area contributed by atoms with E-state index in [9.17, 15) is 4.79 Å². The summed E-state index contributed by atoms with van der Waals surface area (Å²) in [7, 11) is 0. The quantitative estimate of drug-likeness (QED) is 0.755. The summed E-state index contributed by atoms with van der Waals surface area (Å²) in [6, 6.07) is 15.7.